The Labute approximate surface area is 298 Å². The molecule has 0 bridgehead atoms. The third-order valence-corrected chi connectivity index (χ3v) is 8.34. The van der Waals surface area contributed by atoms with E-state index >= 15 is 0 Å². The molecule has 0 aromatic rings. The van der Waals surface area contributed by atoms with Gasteiger partial charge in [-0.2, -0.15) is 0 Å². The van der Waals surface area contributed by atoms with Gasteiger partial charge in [0.05, 0.1) is 0 Å². The summed E-state index contributed by atoms with van der Waals surface area (Å²) in [6.45, 7) is 0. The van der Waals surface area contributed by atoms with Crippen molar-refractivity contribution in [1.29, 1.82) is 0 Å². The van der Waals surface area contributed by atoms with Crippen LogP contribution in [0.3, 0.4) is 0 Å². The number of hydrogen-bond acceptors (Lipinski definition) is 2. The Morgan fingerprint density at radius 2 is 0.750 bits per heavy atom. The van der Waals surface area contributed by atoms with Gasteiger partial charge in [0.2, 0.25) is 0 Å². The van der Waals surface area contributed by atoms with Gasteiger partial charge in [-0.1, -0.05) is 149 Å². The highest BCUT2D eigenvalue weighted by Crippen LogP contribution is 2.14. The molecule has 2 N–H and O–H groups in total. The van der Waals surface area contributed by atoms with Gasteiger partial charge >= 0.3 is 0 Å². The van der Waals surface area contributed by atoms with Crippen molar-refractivity contribution in [2.75, 3.05) is 0 Å². The highest BCUT2D eigenvalue weighted by molar-refractivity contribution is 5.19. The predicted molar refractivity (Wildman–Crippen MR) is 211 cm³/mol. The van der Waals surface area contributed by atoms with Crippen LogP contribution in [0, 0.1) is 48.4 Å². The maximum absolute atomic E-state index is 9.91. The van der Waals surface area contributed by atoms with E-state index in [1.54, 1.807) is 6.08 Å². The first-order chi connectivity index (χ1) is 23.7. The summed E-state index contributed by atoms with van der Waals surface area (Å²) in [7, 11) is 0. The third kappa shape index (κ3) is 39.3. The van der Waals surface area contributed by atoms with E-state index in [1.165, 1.54) is 109 Å². The van der Waals surface area contributed by atoms with Crippen LogP contribution in [0.2, 0.25) is 0 Å². The molecule has 0 saturated heterocycles. The normalized spacial score (nSPS) is 12.6. The lowest BCUT2D eigenvalue weighted by molar-refractivity contribution is 0.280. The first kappa shape index (κ1) is 45.1. The molecule has 0 heterocycles. The summed E-state index contributed by atoms with van der Waals surface area (Å²) < 4.78 is 0. The summed E-state index contributed by atoms with van der Waals surface area (Å²) in [4.78, 5) is 0. The first-order valence-corrected chi connectivity index (χ1v) is 19.6. The van der Waals surface area contributed by atoms with Crippen LogP contribution in [0.1, 0.15) is 180 Å². The number of aliphatic hydroxyl groups excluding tert-OH is 2. The van der Waals surface area contributed by atoms with E-state index in [1.807, 2.05) is 12.2 Å². The van der Waals surface area contributed by atoms with Gasteiger partial charge in [0, 0.05) is 12.8 Å². The Hall–Kier alpha value is -2.88. The van der Waals surface area contributed by atoms with Gasteiger partial charge in [0.25, 0.3) is 0 Å². The van der Waals surface area contributed by atoms with E-state index < -0.39 is 12.2 Å². The molecule has 0 aliphatic rings. The van der Waals surface area contributed by atoms with Gasteiger partial charge in [-0.25, -0.2) is 0 Å². The van der Waals surface area contributed by atoms with Crippen molar-refractivity contribution < 1.29 is 10.2 Å². The van der Waals surface area contributed by atoms with Crippen molar-refractivity contribution in [2.45, 2.75) is 192 Å². The van der Waals surface area contributed by atoms with E-state index in [9.17, 15) is 10.2 Å². The minimum atomic E-state index is -0.831. The SMILES string of the molecule is C#C/C=C\CCCCCCCCCCCCCC/C=C\CCCC/C=C\CCCCC#C[C@@H](O)C#CCCCCCC/C=C/[C@H](O)C#C. The zero-order valence-electron chi connectivity index (χ0n) is 30.6. The van der Waals surface area contributed by atoms with Gasteiger partial charge in [0.1, 0.15) is 6.10 Å². The van der Waals surface area contributed by atoms with Crippen LogP contribution in [0.25, 0.3) is 0 Å². The van der Waals surface area contributed by atoms with Gasteiger partial charge in [-0.15, -0.1) is 12.8 Å². The Morgan fingerprint density at radius 1 is 0.417 bits per heavy atom. The van der Waals surface area contributed by atoms with E-state index in [2.05, 4.69) is 65.9 Å². The Bertz CT molecular complexity index is 1020. The fourth-order valence-corrected chi connectivity index (χ4v) is 5.40. The molecule has 0 spiro atoms. The molecule has 2 atom stereocenters. The maximum atomic E-state index is 9.91. The van der Waals surface area contributed by atoms with E-state index in [-0.39, 0.29) is 0 Å². The van der Waals surface area contributed by atoms with Crippen LogP contribution >= 0.6 is 0 Å². The lowest BCUT2D eigenvalue weighted by Crippen LogP contribution is -1.97. The molecule has 0 aromatic carbocycles. The zero-order valence-corrected chi connectivity index (χ0v) is 30.6. The van der Waals surface area contributed by atoms with Crippen molar-refractivity contribution in [3.05, 3.63) is 48.6 Å². The lowest BCUT2D eigenvalue weighted by Gasteiger charge is -2.02. The number of allylic oxidation sites excluding steroid dienone is 7. The monoisotopic (exact) mass is 655 g/mol. The van der Waals surface area contributed by atoms with Crippen molar-refractivity contribution in [2.24, 2.45) is 0 Å². The van der Waals surface area contributed by atoms with Crippen LogP contribution in [0.5, 0.6) is 0 Å². The predicted octanol–water partition coefficient (Wildman–Crippen LogP) is 12.1. The molecule has 0 fully saturated rings. The van der Waals surface area contributed by atoms with E-state index in [4.69, 9.17) is 12.8 Å². The standard InChI is InChI=1S/C46H70O2/c1-3-5-6-7-8-9-10-11-12-13-14-15-16-17-18-19-20-21-22-23-24-25-26-27-28-29-30-34-37-40-43-46(48)44-41-38-35-32-31-33-36-39-42-45(47)4-2/h1-2,5-6,21-22,27-28,39,42,45-48H,7-20,23-26,29-38H2/b6-5-,22-21-,28-27-,42-39+/t45-,46-/m1/s1. The van der Waals surface area contributed by atoms with Crippen LogP contribution in [0.4, 0.5) is 0 Å². The summed E-state index contributed by atoms with van der Waals surface area (Å²) in [6.07, 6.45) is 59.9. The fourth-order valence-electron chi connectivity index (χ4n) is 5.40. The average molecular weight is 655 g/mol. The average Bonchev–Trinajstić information content (AvgIpc) is 3.09. The van der Waals surface area contributed by atoms with E-state index in [0.717, 1.165) is 70.6 Å². The molecule has 0 rings (SSSR count). The number of terminal acetylenes is 2. The van der Waals surface area contributed by atoms with Crippen molar-refractivity contribution in [1.82, 2.24) is 0 Å². The summed E-state index contributed by atoms with van der Waals surface area (Å²) >= 11 is 0. The molecule has 0 aliphatic heterocycles. The number of unbranched alkanes of at least 4 members (excludes halogenated alkanes) is 24. The molecule has 2 nitrogen and oxygen atoms in total. The maximum Gasteiger partial charge on any atom is 0.176 e. The van der Waals surface area contributed by atoms with E-state index in [0.29, 0.717) is 0 Å². The quantitative estimate of drug-likeness (QED) is 0.0444. The first-order valence-electron chi connectivity index (χ1n) is 19.6. The van der Waals surface area contributed by atoms with Crippen LogP contribution in [0.15, 0.2) is 48.6 Å². The van der Waals surface area contributed by atoms with Gasteiger partial charge < -0.3 is 10.2 Å². The molecule has 0 unspecified atom stereocenters. The van der Waals surface area contributed by atoms with Gasteiger partial charge in [0.15, 0.2) is 6.10 Å². The third-order valence-electron chi connectivity index (χ3n) is 8.34. The molecule has 0 amide bonds. The Kier molecular flexibility index (Phi) is 37.9. The number of aliphatic hydroxyl groups is 2. The smallest absolute Gasteiger partial charge is 0.176 e. The molecule has 48 heavy (non-hydrogen) atoms. The molecule has 0 aromatic heterocycles. The highest BCUT2D eigenvalue weighted by Gasteiger charge is 1.95. The molecular weight excluding hydrogens is 585 g/mol. The second-order valence-corrected chi connectivity index (χ2v) is 12.9. The summed E-state index contributed by atoms with van der Waals surface area (Å²) in [5.74, 6) is 16.6. The van der Waals surface area contributed by atoms with Crippen molar-refractivity contribution in [3.63, 3.8) is 0 Å². The van der Waals surface area contributed by atoms with Gasteiger partial charge in [-0.3, -0.25) is 0 Å². The van der Waals surface area contributed by atoms with Crippen LogP contribution in [-0.2, 0) is 0 Å². The molecule has 0 radical (unpaired) electrons. The molecular formula is C46H70O2. The molecule has 0 aliphatic carbocycles. The summed E-state index contributed by atoms with van der Waals surface area (Å²) in [5.41, 5.74) is 0. The minimum Gasteiger partial charge on any atom is -0.377 e. The number of hydrogen-bond donors (Lipinski definition) is 2. The zero-order chi connectivity index (χ0) is 34.9. The molecule has 266 valence electrons. The van der Waals surface area contributed by atoms with Crippen molar-refractivity contribution >= 4 is 0 Å². The largest absolute Gasteiger partial charge is 0.377 e. The van der Waals surface area contributed by atoms with Crippen LogP contribution in [-0.4, -0.2) is 22.4 Å². The minimum absolute atomic E-state index is 0.768. The Balaban J connectivity index is 3.41. The number of rotatable bonds is 31. The lowest BCUT2D eigenvalue weighted by atomic mass is 10.0. The fraction of sp³-hybridized carbons (Fsp3) is 0.652. The second-order valence-electron chi connectivity index (χ2n) is 12.9. The van der Waals surface area contributed by atoms with Crippen molar-refractivity contribution in [3.8, 4) is 48.4 Å². The molecule has 0 saturated carbocycles. The molecule has 2 heteroatoms. The summed E-state index contributed by atoms with van der Waals surface area (Å²) in [5, 5.41) is 19.2. The van der Waals surface area contributed by atoms with Gasteiger partial charge in [-0.05, 0) is 102 Å². The Morgan fingerprint density at radius 3 is 1.19 bits per heavy atom. The highest BCUT2D eigenvalue weighted by atomic mass is 16.3. The summed E-state index contributed by atoms with van der Waals surface area (Å²) in [6, 6.07) is 0. The van der Waals surface area contributed by atoms with Crippen LogP contribution < -0.4 is 0 Å². The second kappa shape index (κ2) is 40.3. The topological polar surface area (TPSA) is 40.5 Å².